The summed E-state index contributed by atoms with van der Waals surface area (Å²) in [5, 5.41) is 6.77. The van der Waals surface area contributed by atoms with Crippen molar-refractivity contribution in [2.24, 2.45) is 0 Å². The lowest BCUT2D eigenvalue weighted by Crippen LogP contribution is -2.42. The molecule has 1 aromatic heterocycles. The van der Waals surface area contributed by atoms with Crippen molar-refractivity contribution >= 4 is 17.5 Å². The summed E-state index contributed by atoms with van der Waals surface area (Å²) in [7, 11) is 0. The topological polar surface area (TPSA) is 54.3 Å². The largest absolute Gasteiger partial charge is 0.467 e. The quantitative estimate of drug-likeness (QED) is 0.861. The summed E-state index contributed by atoms with van der Waals surface area (Å²) in [6.07, 6.45) is 1.59. The van der Waals surface area contributed by atoms with Crippen molar-refractivity contribution < 1.29 is 9.21 Å². The summed E-state index contributed by atoms with van der Waals surface area (Å²) in [5.41, 5.74) is 1.05. The van der Waals surface area contributed by atoms with E-state index in [1.54, 1.807) is 12.3 Å². The predicted molar refractivity (Wildman–Crippen MR) is 83.0 cm³/mol. The zero-order chi connectivity index (χ0) is 15.2. The standard InChI is InChI=1S/C16H19ClN2O2/c1-11(13-5-3-6-14(17)9-13)19-12(2)16(20)18-10-15-7-4-8-21-15/h3-9,11-12,19H,10H2,1-2H3,(H,18,20). The second kappa shape index (κ2) is 7.29. The molecule has 0 saturated carbocycles. The van der Waals surface area contributed by atoms with Gasteiger partial charge in [0.15, 0.2) is 0 Å². The Bertz CT molecular complexity index is 584. The van der Waals surface area contributed by atoms with Crippen LogP contribution in [-0.4, -0.2) is 11.9 Å². The Labute approximate surface area is 129 Å². The minimum absolute atomic E-state index is 0.0352. The summed E-state index contributed by atoms with van der Waals surface area (Å²) in [5.74, 6) is 0.665. The molecule has 21 heavy (non-hydrogen) atoms. The van der Waals surface area contributed by atoms with Gasteiger partial charge >= 0.3 is 0 Å². The van der Waals surface area contributed by atoms with Crippen LogP contribution in [0.15, 0.2) is 47.1 Å². The summed E-state index contributed by atoms with van der Waals surface area (Å²) in [6, 6.07) is 11.0. The van der Waals surface area contributed by atoms with Gasteiger partial charge in [0.1, 0.15) is 5.76 Å². The van der Waals surface area contributed by atoms with Crippen molar-refractivity contribution in [3.63, 3.8) is 0 Å². The summed E-state index contributed by atoms with van der Waals surface area (Å²) < 4.78 is 5.18. The zero-order valence-corrected chi connectivity index (χ0v) is 12.9. The minimum atomic E-state index is -0.311. The average molecular weight is 307 g/mol. The van der Waals surface area contributed by atoms with Crippen LogP contribution >= 0.6 is 11.6 Å². The van der Waals surface area contributed by atoms with Crippen LogP contribution < -0.4 is 10.6 Å². The number of halogens is 1. The fourth-order valence-corrected chi connectivity index (χ4v) is 2.26. The molecule has 0 aliphatic heterocycles. The highest BCUT2D eigenvalue weighted by molar-refractivity contribution is 6.30. The molecule has 4 nitrogen and oxygen atoms in total. The molecule has 0 aliphatic carbocycles. The van der Waals surface area contributed by atoms with E-state index in [1.807, 2.05) is 44.2 Å². The van der Waals surface area contributed by atoms with Gasteiger partial charge in [0.25, 0.3) is 0 Å². The Kier molecular flexibility index (Phi) is 5.42. The molecule has 2 unspecified atom stereocenters. The molecule has 0 saturated heterocycles. The van der Waals surface area contributed by atoms with E-state index in [-0.39, 0.29) is 18.0 Å². The summed E-state index contributed by atoms with van der Waals surface area (Å²) in [4.78, 5) is 12.0. The maximum Gasteiger partial charge on any atom is 0.237 e. The molecule has 2 aromatic rings. The maximum atomic E-state index is 12.0. The predicted octanol–water partition coefficient (Wildman–Crippen LogP) is 3.29. The molecular formula is C16H19ClN2O2. The third-order valence-corrected chi connectivity index (χ3v) is 3.49. The molecule has 2 rings (SSSR count). The number of nitrogens with one attached hydrogen (secondary N) is 2. The number of carbonyl (C=O) groups is 1. The molecule has 0 radical (unpaired) electrons. The van der Waals surface area contributed by atoms with Crippen LogP contribution in [0.4, 0.5) is 0 Å². The Morgan fingerprint density at radius 1 is 1.29 bits per heavy atom. The van der Waals surface area contributed by atoms with Crippen LogP contribution in [0.1, 0.15) is 31.2 Å². The first-order valence-electron chi connectivity index (χ1n) is 6.88. The van der Waals surface area contributed by atoms with Crippen molar-refractivity contribution in [2.75, 3.05) is 0 Å². The van der Waals surface area contributed by atoms with Gasteiger partial charge in [-0.3, -0.25) is 10.1 Å². The minimum Gasteiger partial charge on any atom is -0.467 e. The Hall–Kier alpha value is -1.78. The molecule has 1 amide bonds. The summed E-state index contributed by atoms with van der Waals surface area (Å²) >= 11 is 5.98. The molecule has 1 aromatic carbocycles. The van der Waals surface area contributed by atoms with Crippen molar-refractivity contribution in [3.05, 3.63) is 59.0 Å². The van der Waals surface area contributed by atoms with Gasteiger partial charge in [-0.05, 0) is 43.7 Å². The highest BCUT2D eigenvalue weighted by Gasteiger charge is 2.16. The van der Waals surface area contributed by atoms with E-state index in [1.165, 1.54) is 0 Å². The van der Waals surface area contributed by atoms with Crippen LogP contribution in [0.2, 0.25) is 5.02 Å². The van der Waals surface area contributed by atoms with E-state index >= 15 is 0 Å². The van der Waals surface area contributed by atoms with Crippen molar-refractivity contribution in [3.8, 4) is 0 Å². The SMILES string of the molecule is CC(NC(C)c1cccc(Cl)c1)C(=O)NCc1ccco1. The van der Waals surface area contributed by atoms with Crippen molar-refractivity contribution in [1.29, 1.82) is 0 Å². The average Bonchev–Trinajstić information content (AvgIpc) is 2.97. The normalized spacial score (nSPS) is 13.7. The van der Waals surface area contributed by atoms with Crippen LogP contribution in [0.5, 0.6) is 0 Å². The van der Waals surface area contributed by atoms with Crippen LogP contribution in [0.3, 0.4) is 0 Å². The molecule has 112 valence electrons. The number of furan rings is 1. The molecular weight excluding hydrogens is 288 g/mol. The van der Waals surface area contributed by atoms with E-state index in [2.05, 4.69) is 10.6 Å². The number of rotatable bonds is 6. The Balaban J connectivity index is 1.85. The number of amides is 1. The Morgan fingerprint density at radius 2 is 2.10 bits per heavy atom. The van der Waals surface area contributed by atoms with Crippen molar-refractivity contribution in [2.45, 2.75) is 32.5 Å². The molecule has 2 N–H and O–H groups in total. The lowest BCUT2D eigenvalue weighted by atomic mass is 10.1. The van der Waals surface area contributed by atoms with Gasteiger partial charge in [-0.1, -0.05) is 23.7 Å². The second-order valence-corrected chi connectivity index (χ2v) is 5.40. The first-order valence-corrected chi connectivity index (χ1v) is 7.25. The lowest BCUT2D eigenvalue weighted by Gasteiger charge is -2.20. The van der Waals surface area contributed by atoms with Crippen LogP contribution in [0.25, 0.3) is 0 Å². The highest BCUT2D eigenvalue weighted by Crippen LogP contribution is 2.17. The smallest absolute Gasteiger partial charge is 0.237 e. The van der Waals surface area contributed by atoms with E-state index in [9.17, 15) is 4.79 Å². The molecule has 0 fully saturated rings. The molecule has 5 heteroatoms. The van der Waals surface area contributed by atoms with Gasteiger partial charge in [-0.25, -0.2) is 0 Å². The van der Waals surface area contributed by atoms with Gasteiger partial charge in [0.05, 0.1) is 18.8 Å². The molecule has 0 spiro atoms. The maximum absolute atomic E-state index is 12.0. The fourth-order valence-electron chi connectivity index (χ4n) is 2.06. The first kappa shape index (κ1) is 15.6. The Morgan fingerprint density at radius 3 is 2.76 bits per heavy atom. The van der Waals surface area contributed by atoms with Gasteiger partial charge in [-0.15, -0.1) is 0 Å². The third-order valence-electron chi connectivity index (χ3n) is 3.26. The molecule has 2 atom stereocenters. The van der Waals surface area contributed by atoms with Gasteiger partial charge in [0.2, 0.25) is 5.91 Å². The number of hydrogen-bond acceptors (Lipinski definition) is 3. The van der Waals surface area contributed by atoms with Crippen LogP contribution in [0, 0.1) is 0 Å². The second-order valence-electron chi connectivity index (χ2n) is 4.96. The number of benzene rings is 1. The first-order chi connectivity index (χ1) is 10.1. The number of hydrogen-bond donors (Lipinski definition) is 2. The molecule has 1 heterocycles. The monoisotopic (exact) mass is 306 g/mol. The van der Waals surface area contributed by atoms with Crippen LogP contribution in [-0.2, 0) is 11.3 Å². The van der Waals surface area contributed by atoms with Gasteiger partial charge in [-0.2, -0.15) is 0 Å². The highest BCUT2D eigenvalue weighted by atomic mass is 35.5. The van der Waals surface area contributed by atoms with E-state index in [0.29, 0.717) is 11.6 Å². The summed E-state index contributed by atoms with van der Waals surface area (Å²) in [6.45, 7) is 4.23. The molecule has 0 aliphatic rings. The van der Waals surface area contributed by atoms with Gasteiger partial charge < -0.3 is 9.73 Å². The van der Waals surface area contributed by atoms with E-state index in [4.69, 9.17) is 16.0 Å². The van der Waals surface area contributed by atoms with Crippen molar-refractivity contribution in [1.82, 2.24) is 10.6 Å². The number of carbonyl (C=O) groups excluding carboxylic acids is 1. The third kappa shape index (κ3) is 4.62. The van der Waals surface area contributed by atoms with E-state index < -0.39 is 0 Å². The van der Waals surface area contributed by atoms with Gasteiger partial charge in [0, 0.05) is 11.1 Å². The zero-order valence-electron chi connectivity index (χ0n) is 12.1. The molecule has 0 bridgehead atoms. The fraction of sp³-hybridized carbons (Fsp3) is 0.312. The lowest BCUT2D eigenvalue weighted by molar-refractivity contribution is -0.123. The van der Waals surface area contributed by atoms with E-state index in [0.717, 1.165) is 11.3 Å².